The Morgan fingerprint density at radius 2 is 1.44 bits per heavy atom. The van der Waals surface area contributed by atoms with Gasteiger partial charge in [0, 0.05) is 26.2 Å². The van der Waals surface area contributed by atoms with Crippen LogP contribution in [0.1, 0.15) is 27.5 Å². The highest BCUT2D eigenvalue weighted by Crippen LogP contribution is 2.18. The van der Waals surface area contributed by atoms with Gasteiger partial charge in [0.25, 0.3) is 5.91 Å². The van der Waals surface area contributed by atoms with E-state index < -0.39 is 29.1 Å². The van der Waals surface area contributed by atoms with Gasteiger partial charge in [-0.25, -0.2) is 8.78 Å². The number of carbonyl (C=O) groups excluding carboxylic acids is 2. The van der Waals surface area contributed by atoms with E-state index in [9.17, 15) is 18.4 Å². The number of hydrogen-bond donors (Lipinski definition) is 1. The Balaban J connectivity index is 1.64. The highest BCUT2D eigenvalue weighted by molar-refractivity contribution is 5.95. The number of nitrogens with zero attached hydrogens (tertiary/aromatic N) is 2. The first-order chi connectivity index (χ1) is 12.9. The van der Waals surface area contributed by atoms with Crippen molar-refractivity contribution in [3.63, 3.8) is 0 Å². The van der Waals surface area contributed by atoms with Gasteiger partial charge in [-0.2, -0.15) is 0 Å². The van der Waals surface area contributed by atoms with Crippen LogP contribution < -0.4 is 5.73 Å². The summed E-state index contributed by atoms with van der Waals surface area (Å²) < 4.78 is 27.6. The summed E-state index contributed by atoms with van der Waals surface area (Å²) in [7, 11) is 0. The summed E-state index contributed by atoms with van der Waals surface area (Å²) in [5.74, 6) is -2.72. The molecule has 2 N–H and O–H groups in total. The molecule has 0 radical (unpaired) electrons. The Kier molecular flexibility index (Phi) is 5.51. The van der Waals surface area contributed by atoms with E-state index in [2.05, 4.69) is 0 Å². The number of amides is 2. The molecule has 1 atom stereocenters. The number of benzene rings is 2. The van der Waals surface area contributed by atoms with E-state index in [1.54, 1.807) is 4.90 Å². The lowest BCUT2D eigenvalue weighted by Gasteiger charge is -2.36. The zero-order valence-corrected chi connectivity index (χ0v) is 15.0. The van der Waals surface area contributed by atoms with Crippen molar-refractivity contribution in [1.29, 1.82) is 0 Å². The molecule has 0 aliphatic carbocycles. The van der Waals surface area contributed by atoms with Gasteiger partial charge < -0.3 is 15.5 Å². The minimum atomic E-state index is -0.889. The van der Waals surface area contributed by atoms with Gasteiger partial charge in [-0.1, -0.05) is 35.9 Å². The minimum Gasteiger partial charge on any atom is -0.337 e. The van der Waals surface area contributed by atoms with Crippen LogP contribution in [-0.2, 0) is 4.79 Å². The van der Waals surface area contributed by atoms with Crippen molar-refractivity contribution in [2.45, 2.75) is 13.0 Å². The van der Waals surface area contributed by atoms with Crippen molar-refractivity contribution in [3.8, 4) is 0 Å². The third kappa shape index (κ3) is 3.98. The van der Waals surface area contributed by atoms with Crippen molar-refractivity contribution >= 4 is 11.8 Å². The first-order valence-corrected chi connectivity index (χ1v) is 8.72. The molecule has 0 saturated carbocycles. The number of nitrogens with two attached hydrogens (primary N) is 1. The largest absolute Gasteiger partial charge is 0.337 e. The summed E-state index contributed by atoms with van der Waals surface area (Å²) in [6.07, 6.45) is 0. The molecule has 2 aromatic rings. The molecule has 0 spiro atoms. The predicted molar refractivity (Wildman–Crippen MR) is 96.9 cm³/mol. The number of halogens is 2. The zero-order chi connectivity index (χ0) is 19.6. The van der Waals surface area contributed by atoms with Crippen molar-refractivity contribution in [1.82, 2.24) is 9.80 Å². The second kappa shape index (κ2) is 7.84. The van der Waals surface area contributed by atoms with E-state index >= 15 is 0 Å². The van der Waals surface area contributed by atoms with Gasteiger partial charge in [-0.05, 0) is 24.6 Å². The third-order valence-electron chi connectivity index (χ3n) is 4.76. The van der Waals surface area contributed by atoms with Crippen LogP contribution in [-0.4, -0.2) is 47.8 Å². The minimum absolute atomic E-state index is 0.193. The number of carbonyl (C=O) groups is 2. The van der Waals surface area contributed by atoms with Crippen LogP contribution in [0.5, 0.6) is 0 Å². The molecule has 142 valence electrons. The molecule has 1 saturated heterocycles. The molecule has 27 heavy (non-hydrogen) atoms. The van der Waals surface area contributed by atoms with Gasteiger partial charge in [0.2, 0.25) is 5.91 Å². The fourth-order valence-corrected chi connectivity index (χ4v) is 3.10. The highest BCUT2D eigenvalue weighted by Gasteiger charge is 2.30. The SMILES string of the molecule is Cc1ccc(C(N)C(=O)N2CCN(C(=O)c3c(F)cccc3F)CC2)cc1. The van der Waals surface area contributed by atoms with Crippen LogP contribution in [0.25, 0.3) is 0 Å². The maximum atomic E-state index is 13.8. The molecule has 0 bridgehead atoms. The Hall–Kier alpha value is -2.80. The molecule has 1 unspecified atom stereocenters. The second-order valence-corrected chi connectivity index (χ2v) is 6.60. The molecular formula is C20H21F2N3O2. The van der Waals surface area contributed by atoms with E-state index in [-0.39, 0.29) is 32.1 Å². The topological polar surface area (TPSA) is 66.6 Å². The van der Waals surface area contributed by atoms with Gasteiger partial charge >= 0.3 is 0 Å². The van der Waals surface area contributed by atoms with Gasteiger partial charge in [-0.3, -0.25) is 9.59 Å². The fraction of sp³-hybridized carbons (Fsp3) is 0.300. The Labute approximate surface area is 156 Å². The smallest absolute Gasteiger partial charge is 0.259 e. The molecule has 2 amide bonds. The van der Waals surface area contributed by atoms with Gasteiger partial charge in [0.1, 0.15) is 23.2 Å². The van der Waals surface area contributed by atoms with Crippen molar-refractivity contribution in [2.24, 2.45) is 5.73 Å². The Morgan fingerprint density at radius 3 is 2.00 bits per heavy atom. The lowest BCUT2D eigenvalue weighted by atomic mass is 10.0. The standard InChI is InChI=1S/C20H21F2N3O2/c1-13-5-7-14(8-6-13)18(23)20(27)25-11-9-24(10-12-25)19(26)17-15(21)3-2-4-16(17)22/h2-8,18H,9-12,23H2,1H3. The van der Waals surface area contributed by atoms with Crippen molar-refractivity contribution < 1.29 is 18.4 Å². The first kappa shape index (κ1) is 19.0. The van der Waals surface area contributed by atoms with E-state index in [0.717, 1.165) is 23.3 Å². The second-order valence-electron chi connectivity index (χ2n) is 6.60. The van der Waals surface area contributed by atoms with Gasteiger partial charge in [0.05, 0.1) is 0 Å². The number of piperazine rings is 1. The van der Waals surface area contributed by atoms with Crippen LogP contribution in [0.4, 0.5) is 8.78 Å². The maximum Gasteiger partial charge on any atom is 0.259 e. The number of rotatable bonds is 3. The summed E-state index contributed by atoms with van der Waals surface area (Å²) in [4.78, 5) is 28.0. The van der Waals surface area contributed by atoms with E-state index in [1.807, 2.05) is 31.2 Å². The van der Waals surface area contributed by atoms with Crippen molar-refractivity contribution in [2.75, 3.05) is 26.2 Å². The summed E-state index contributed by atoms with van der Waals surface area (Å²) in [6.45, 7) is 2.87. The average Bonchev–Trinajstić information content (AvgIpc) is 2.67. The predicted octanol–water partition coefficient (Wildman–Crippen LogP) is 2.26. The van der Waals surface area contributed by atoms with E-state index in [0.29, 0.717) is 0 Å². The summed E-state index contributed by atoms with van der Waals surface area (Å²) in [6, 6.07) is 9.95. The molecule has 3 rings (SSSR count). The Bertz CT molecular complexity index is 827. The summed E-state index contributed by atoms with van der Waals surface area (Å²) >= 11 is 0. The van der Waals surface area contributed by atoms with Gasteiger partial charge in [-0.15, -0.1) is 0 Å². The number of hydrogen-bond acceptors (Lipinski definition) is 3. The quantitative estimate of drug-likeness (QED) is 0.898. The monoisotopic (exact) mass is 373 g/mol. The molecule has 1 fully saturated rings. The molecular weight excluding hydrogens is 352 g/mol. The van der Waals surface area contributed by atoms with Crippen LogP contribution in [0.3, 0.4) is 0 Å². The zero-order valence-electron chi connectivity index (χ0n) is 15.0. The van der Waals surface area contributed by atoms with Crippen LogP contribution >= 0.6 is 0 Å². The van der Waals surface area contributed by atoms with Crippen LogP contribution in [0, 0.1) is 18.6 Å². The van der Waals surface area contributed by atoms with E-state index in [4.69, 9.17) is 5.73 Å². The molecule has 1 heterocycles. The third-order valence-corrected chi connectivity index (χ3v) is 4.76. The molecule has 2 aromatic carbocycles. The average molecular weight is 373 g/mol. The van der Waals surface area contributed by atoms with Crippen molar-refractivity contribution in [3.05, 3.63) is 70.8 Å². The van der Waals surface area contributed by atoms with Crippen LogP contribution in [0.15, 0.2) is 42.5 Å². The lowest BCUT2D eigenvalue weighted by molar-refractivity contribution is -0.134. The molecule has 1 aliphatic heterocycles. The highest BCUT2D eigenvalue weighted by atomic mass is 19.1. The first-order valence-electron chi connectivity index (χ1n) is 8.72. The molecule has 0 aromatic heterocycles. The summed E-state index contributed by atoms with van der Waals surface area (Å²) in [5.41, 5.74) is 7.31. The molecule has 5 nitrogen and oxygen atoms in total. The fourth-order valence-electron chi connectivity index (χ4n) is 3.10. The lowest BCUT2D eigenvalue weighted by Crippen LogP contribution is -2.52. The summed E-state index contributed by atoms with van der Waals surface area (Å²) in [5, 5.41) is 0. The normalized spacial score (nSPS) is 15.6. The number of aryl methyl sites for hydroxylation is 1. The maximum absolute atomic E-state index is 13.8. The van der Waals surface area contributed by atoms with Gasteiger partial charge in [0.15, 0.2) is 0 Å². The molecule has 7 heteroatoms. The van der Waals surface area contributed by atoms with Crippen LogP contribution in [0.2, 0.25) is 0 Å². The molecule has 1 aliphatic rings. The Morgan fingerprint density at radius 1 is 0.926 bits per heavy atom. The van der Waals surface area contributed by atoms with E-state index in [1.165, 1.54) is 11.0 Å².